The van der Waals surface area contributed by atoms with E-state index in [1.807, 2.05) is 31.7 Å². The summed E-state index contributed by atoms with van der Waals surface area (Å²) in [6.07, 6.45) is 3.99. The molecule has 0 atom stereocenters. The van der Waals surface area contributed by atoms with Gasteiger partial charge in [0.15, 0.2) is 0 Å². The summed E-state index contributed by atoms with van der Waals surface area (Å²) in [5, 5.41) is 4.58. The van der Waals surface area contributed by atoms with Gasteiger partial charge in [-0.3, -0.25) is 9.59 Å². The van der Waals surface area contributed by atoms with E-state index in [1.165, 1.54) is 12.8 Å². The first-order chi connectivity index (χ1) is 10.4. The Morgan fingerprint density at radius 3 is 2.32 bits per heavy atom. The van der Waals surface area contributed by atoms with Gasteiger partial charge in [0.1, 0.15) is 0 Å². The smallest absolute Gasteiger partial charge is 0.267 e. The summed E-state index contributed by atoms with van der Waals surface area (Å²) in [4.78, 5) is 26.4. The van der Waals surface area contributed by atoms with Gasteiger partial charge in [0.25, 0.3) is 5.56 Å². The number of rotatable bonds is 2. The second-order valence-corrected chi connectivity index (χ2v) is 7.59. The van der Waals surface area contributed by atoms with Crippen LogP contribution in [0.15, 0.2) is 16.9 Å². The molecule has 2 aliphatic rings. The number of aromatic nitrogens is 2. The van der Waals surface area contributed by atoms with Crippen molar-refractivity contribution in [3.05, 3.63) is 28.2 Å². The number of carbonyl (C=O) groups excluding carboxylic acids is 1. The molecule has 0 radical (unpaired) electrons. The quantitative estimate of drug-likeness (QED) is 0.842. The van der Waals surface area contributed by atoms with Crippen molar-refractivity contribution in [3.8, 4) is 0 Å². The summed E-state index contributed by atoms with van der Waals surface area (Å²) in [5.74, 6) is 0.743. The monoisotopic (exact) mass is 303 g/mol. The Kier molecular flexibility index (Phi) is 3.83. The standard InChI is InChI=1S/C17H25N3O2/c1-17(2,3)16(22)19-10-8-13(9-11-19)20-15(21)7-6-14(18-20)12-4-5-12/h6-7,12-13H,4-5,8-11H2,1-3H3. The van der Waals surface area contributed by atoms with Crippen LogP contribution in [0.1, 0.15) is 64.1 Å². The summed E-state index contributed by atoms with van der Waals surface area (Å²) >= 11 is 0. The molecule has 120 valence electrons. The van der Waals surface area contributed by atoms with Gasteiger partial charge in [-0.1, -0.05) is 20.8 Å². The van der Waals surface area contributed by atoms with E-state index in [0.29, 0.717) is 19.0 Å². The Bertz CT molecular complexity index is 618. The molecular formula is C17H25N3O2. The van der Waals surface area contributed by atoms with E-state index in [2.05, 4.69) is 5.10 Å². The maximum absolute atomic E-state index is 12.3. The van der Waals surface area contributed by atoms with Crippen LogP contribution in [0.4, 0.5) is 0 Å². The maximum Gasteiger partial charge on any atom is 0.267 e. The molecule has 5 heteroatoms. The van der Waals surface area contributed by atoms with Gasteiger partial charge in [-0.2, -0.15) is 5.10 Å². The number of carbonyl (C=O) groups is 1. The zero-order chi connectivity index (χ0) is 15.9. The van der Waals surface area contributed by atoms with E-state index in [1.54, 1.807) is 10.7 Å². The highest BCUT2D eigenvalue weighted by molar-refractivity contribution is 5.81. The van der Waals surface area contributed by atoms with E-state index < -0.39 is 0 Å². The largest absolute Gasteiger partial charge is 0.342 e. The Morgan fingerprint density at radius 1 is 1.14 bits per heavy atom. The molecule has 1 aliphatic carbocycles. The topological polar surface area (TPSA) is 55.2 Å². The van der Waals surface area contributed by atoms with Crippen LogP contribution >= 0.6 is 0 Å². The molecule has 22 heavy (non-hydrogen) atoms. The number of hydrogen-bond acceptors (Lipinski definition) is 3. The lowest BCUT2D eigenvalue weighted by Crippen LogP contribution is -2.45. The third-order valence-corrected chi connectivity index (χ3v) is 4.58. The fraction of sp³-hybridized carbons (Fsp3) is 0.706. The van der Waals surface area contributed by atoms with Gasteiger partial charge in [-0.25, -0.2) is 4.68 Å². The molecule has 1 aromatic heterocycles. The Balaban J connectivity index is 1.70. The SMILES string of the molecule is CC(C)(C)C(=O)N1CCC(n2nc(C3CC3)ccc2=O)CC1. The van der Waals surface area contributed by atoms with Crippen molar-refractivity contribution >= 4 is 5.91 Å². The van der Waals surface area contributed by atoms with Gasteiger partial charge in [-0.05, 0) is 31.7 Å². The van der Waals surface area contributed by atoms with Crippen molar-refractivity contribution in [1.82, 2.24) is 14.7 Å². The summed E-state index contributed by atoms with van der Waals surface area (Å²) in [7, 11) is 0. The average molecular weight is 303 g/mol. The van der Waals surface area contributed by atoms with E-state index >= 15 is 0 Å². The molecule has 0 spiro atoms. The molecule has 1 saturated carbocycles. The Labute approximate surface area is 131 Å². The fourth-order valence-electron chi connectivity index (χ4n) is 3.09. The van der Waals surface area contributed by atoms with E-state index in [9.17, 15) is 9.59 Å². The summed E-state index contributed by atoms with van der Waals surface area (Å²) in [6, 6.07) is 3.64. The van der Waals surface area contributed by atoms with Crippen LogP contribution in [0.3, 0.4) is 0 Å². The van der Waals surface area contributed by atoms with E-state index in [-0.39, 0.29) is 22.9 Å². The highest BCUT2D eigenvalue weighted by atomic mass is 16.2. The van der Waals surface area contributed by atoms with Crippen LogP contribution < -0.4 is 5.56 Å². The van der Waals surface area contributed by atoms with Gasteiger partial charge < -0.3 is 4.90 Å². The van der Waals surface area contributed by atoms with Crippen LogP contribution in [-0.2, 0) is 4.79 Å². The molecule has 5 nitrogen and oxygen atoms in total. The molecule has 1 saturated heterocycles. The van der Waals surface area contributed by atoms with Gasteiger partial charge in [0, 0.05) is 30.5 Å². The van der Waals surface area contributed by atoms with Crippen molar-refractivity contribution in [2.24, 2.45) is 5.41 Å². The molecule has 2 fully saturated rings. The van der Waals surface area contributed by atoms with Gasteiger partial charge >= 0.3 is 0 Å². The molecule has 1 aromatic rings. The molecule has 0 bridgehead atoms. The van der Waals surface area contributed by atoms with Gasteiger partial charge in [0.05, 0.1) is 11.7 Å². The normalized spacial score (nSPS) is 20.2. The van der Waals surface area contributed by atoms with E-state index in [0.717, 1.165) is 18.5 Å². The lowest BCUT2D eigenvalue weighted by molar-refractivity contribution is -0.140. The molecule has 0 aromatic carbocycles. The third-order valence-electron chi connectivity index (χ3n) is 4.58. The Hall–Kier alpha value is -1.65. The first-order valence-electron chi connectivity index (χ1n) is 8.25. The lowest BCUT2D eigenvalue weighted by atomic mass is 9.93. The number of piperidine rings is 1. The average Bonchev–Trinajstić information content (AvgIpc) is 3.31. The minimum atomic E-state index is -0.339. The number of hydrogen-bond donors (Lipinski definition) is 0. The highest BCUT2D eigenvalue weighted by Gasteiger charge is 2.32. The first kappa shape index (κ1) is 15.3. The molecule has 1 amide bonds. The van der Waals surface area contributed by atoms with Gasteiger partial charge in [0.2, 0.25) is 5.91 Å². The van der Waals surface area contributed by atoms with Crippen LogP contribution in [0.25, 0.3) is 0 Å². The molecule has 3 rings (SSSR count). The first-order valence-corrected chi connectivity index (χ1v) is 8.25. The number of amides is 1. The van der Waals surface area contributed by atoms with Crippen molar-refractivity contribution in [2.75, 3.05) is 13.1 Å². The third kappa shape index (κ3) is 3.08. The predicted molar refractivity (Wildman–Crippen MR) is 84.8 cm³/mol. The van der Waals surface area contributed by atoms with Crippen LogP contribution in [-0.4, -0.2) is 33.7 Å². The fourth-order valence-corrected chi connectivity index (χ4v) is 3.09. The summed E-state index contributed by atoms with van der Waals surface area (Å²) < 4.78 is 1.66. The maximum atomic E-state index is 12.3. The van der Waals surface area contributed by atoms with Crippen molar-refractivity contribution < 1.29 is 4.79 Å². The Morgan fingerprint density at radius 2 is 1.77 bits per heavy atom. The van der Waals surface area contributed by atoms with Crippen molar-refractivity contribution in [3.63, 3.8) is 0 Å². The summed E-state index contributed by atoms with van der Waals surface area (Å²) in [6.45, 7) is 7.27. The highest BCUT2D eigenvalue weighted by Crippen LogP contribution is 2.38. The molecule has 2 heterocycles. The minimum absolute atomic E-state index is 0.0232. The lowest BCUT2D eigenvalue weighted by Gasteiger charge is -2.35. The predicted octanol–water partition coefficient (Wildman–Crippen LogP) is 2.33. The minimum Gasteiger partial charge on any atom is -0.342 e. The molecule has 0 unspecified atom stereocenters. The molecule has 1 aliphatic heterocycles. The molecule has 0 N–H and O–H groups in total. The zero-order valence-corrected chi connectivity index (χ0v) is 13.7. The second kappa shape index (κ2) is 5.52. The second-order valence-electron chi connectivity index (χ2n) is 7.59. The number of likely N-dealkylation sites (tertiary alicyclic amines) is 1. The number of nitrogens with zero attached hydrogens (tertiary/aromatic N) is 3. The van der Waals surface area contributed by atoms with Gasteiger partial charge in [-0.15, -0.1) is 0 Å². The molecular weight excluding hydrogens is 278 g/mol. The van der Waals surface area contributed by atoms with Crippen molar-refractivity contribution in [2.45, 2.75) is 58.4 Å². The zero-order valence-electron chi connectivity index (χ0n) is 13.7. The summed E-state index contributed by atoms with van der Waals surface area (Å²) in [5.41, 5.74) is 0.686. The van der Waals surface area contributed by atoms with Crippen LogP contribution in [0.5, 0.6) is 0 Å². The van der Waals surface area contributed by atoms with Crippen molar-refractivity contribution in [1.29, 1.82) is 0 Å². The van der Waals surface area contributed by atoms with Crippen LogP contribution in [0.2, 0.25) is 0 Å². The van der Waals surface area contributed by atoms with Crippen LogP contribution in [0, 0.1) is 5.41 Å². The van der Waals surface area contributed by atoms with E-state index in [4.69, 9.17) is 0 Å².